The van der Waals surface area contributed by atoms with Gasteiger partial charge in [0.05, 0.1) is 12.1 Å². The highest BCUT2D eigenvalue weighted by molar-refractivity contribution is 14.1. The average Bonchev–Trinajstić information content (AvgIpc) is 3.22. The van der Waals surface area contributed by atoms with Crippen LogP contribution in [0.2, 0.25) is 0 Å². The van der Waals surface area contributed by atoms with Crippen LogP contribution in [-0.2, 0) is 0 Å². The van der Waals surface area contributed by atoms with E-state index < -0.39 is 0 Å². The van der Waals surface area contributed by atoms with Gasteiger partial charge in [0.25, 0.3) is 0 Å². The molecule has 0 radical (unpaired) electrons. The lowest BCUT2D eigenvalue weighted by Crippen LogP contribution is -2.13. The SMILES string of the molecule is NC(c1cccc(OC2CC2)c1)c1ccc(F)cc1I. The van der Waals surface area contributed by atoms with Crippen molar-refractivity contribution in [3.05, 3.63) is 63.0 Å². The van der Waals surface area contributed by atoms with Crippen molar-refractivity contribution in [1.29, 1.82) is 0 Å². The standard InChI is InChI=1S/C16H15FINO/c17-11-4-7-14(15(18)9-11)16(19)10-2-1-3-13(8-10)20-12-5-6-12/h1-4,7-9,12,16H,5-6,19H2. The molecule has 1 atom stereocenters. The number of ether oxygens (including phenoxy) is 1. The van der Waals surface area contributed by atoms with E-state index >= 15 is 0 Å². The minimum atomic E-state index is -0.273. The van der Waals surface area contributed by atoms with Crippen molar-refractivity contribution in [2.75, 3.05) is 0 Å². The molecule has 104 valence electrons. The van der Waals surface area contributed by atoms with E-state index in [2.05, 4.69) is 22.6 Å². The highest BCUT2D eigenvalue weighted by Crippen LogP contribution is 2.30. The number of rotatable bonds is 4. The first-order chi connectivity index (χ1) is 9.63. The zero-order valence-corrected chi connectivity index (χ0v) is 13.0. The zero-order valence-electron chi connectivity index (χ0n) is 10.9. The van der Waals surface area contributed by atoms with Crippen molar-refractivity contribution in [2.45, 2.75) is 25.0 Å². The fourth-order valence-electron chi connectivity index (χ4n) is 2.09. The number of hydrogen-bond acceptors (Lipinski definition) is 2. The Hall–Kier alpha value is -1.14. The fraction of sp³-hybridized carbons (Fsp3) is 0.250. The van der Waals surface area contributed by atoms with Gasteiger partial charge in [-0.1, -0.05) is 18.2 Å². The Balaban J connectivity index is 1.86. The molecule has 0 saturated heterocycles. The quantitative estimate of drug-likeness (QED) is 0.810. The lowest BCUT2D eigenvalue weighted by atomic mass is 9.99. The summed E-state index contributed by atoms with van der Waals surface area (Å²) in [6, 6.07) is 12.3. The third-order valence-corrected chi connectivity index (χ3v) is 4.28. The summed E-state index contributed by atoms with van der Waals surface area (Å²) in [5, 5.41) is 0. The van der Waals surface area contributed by atoms with Gasteiger partial charge in [0.15, 0.2) is 0 Å². The van der Waals surface area contributed by atoms with Crippen molar-refractivity contribution in [1.82, 2.24) is 0 Å². The summed E-state index contributed by atoms with van der Waals surface area (Å²) < 4.78 is 19.8. The average molecular weight is 383 g/mol. The second-order valence-electron chi connectivity index (χ2n) is 5.03. The Morgan fingerprint density at radius 2 is 2.00 bits per heavy atom. The van der Waals surface area contributed by atoms with E-state index in [0.29, 0.717) is 6.10 Å². The fourth-order valence-corrected chi connectivity index (χ4v) is 2.91. The van der Waals surface area contributed by atoms with Crippen LogP contribution in [-0.4, -0.2) is 6.10 Å². The summed E-state index contributed by atoms with van der Waals surface area (Å²) >= 11 is 2.12. The van der Waals surface area contributed by atoms with Crippen LogP contribution in [0.4, 0.5) is 4.39 Å². The van der Waals surface area contributed by atoms with Gasteiger partial charge in [-0.15, -0.1) is 0 Å². The Morgan fingerprint density at radius 1 is 1.20 bits per heavy atom. The van der Waals surface area contributed by atoms with E-state index in [1.165, 1.54) is 12.1 Å². The van der Waals surface area contributed by atoms with E-state index in [1.807, 2.05) is 24.3 Å². The maximum Gasteiger partial charge on any atom is 0.124 e. The molecule has 20 heavy (non-hydrogen) atoms. The van der Waals surface area contributed by atoms with Gasteiger partial charge in [-0.05, 0) is 70.8 Å². The molecular weight excluding hydrogens is 368 g/mol. The van der Waals surface area contributed by atoms with E-state index in [-0.39, 0.29) is 11.9 Å². The van der Waals surface area contributed by atoms with Crippen molar-refractivity contribution in [3.63, 3.8) is 0 Å². The van der Waals surface area contributed by atoms with Gasteiger partial charge in [-0.3, -0.25) is 0 Å². The van der Waals surface area contributed by atoms with Crippen molar-refractivity contribution >= 4 is 22.6 Å². The molecule has 0 aliphatic heterocycles. The largest absolute Gasteiger partial charge is 0.490 e. The van der Waals surface area contributed by atoms with Crippen LogP contribution in [0.15, 0.2) is 42.5 Å². The van der Waals surface area contributed by atoms with Crippen LogP contribution in [0, 0.1) is 9.39 Å². The summed E-state index contributed by atoms with van der Waals surface area (Å²) in [5.74, 6) is 0.619. The first kappa shape index (κ1) is 13.8. The minimum Gasteiger partial charge on any atom is -0.490 e. The maximum atomic E-state index is 13.2. The Labute approximate surface area is 131 Å². The Bertz CT molecular complexity index is 628. The molecule has 0 heterocycles. The van der Waals surface area contributed by atoms with E-state index in [4.69, 9.17) is 10.5 Å². The highest BCUT2D eigenvalue weighted by Gasteiger charge is 2.23. The number of nitrogens with two attached hydrogens (primary N) is 1. The molecule has 0 aromatic heterocycles. The molecule has 4 heteroatoms. The lowest BCUT2D eigenvalue weighted by molar-refractivity contribution is 0.303. The Kier molecular flexibility index (Phi) is 3.94. The third kappa shape index (κ3) is 3.12. The van der Waals surface area contributed by atoms with Gasteiger partial charge in [0.1, 0.15) is 11.6 Å². The molecule has 2 aromatic carbocycles. The van der Waals surface area contributed by atoms with Crippen LogP contribution in [0.3, 0.4) is 0 Å². The first-order valence-electron chi connectivity index (χ1n) is 6.60. The van der Waals surface area contributed by atoms with Gasteiger partial charge in [0.2, 0.25) is 0 Å². The molecule has 0 bridgehead atoms. The first-order valence-corrected chi connectivity index (χ1v) is 7.68. The molecule has 2 N–H and O–H groups in total. The van der Waals surface area contributed by atoms with Crippen LogP contribution in [0.25, 0.3) is 0 Å². The molecule has 0 amide bonds. The molecule has 2 aromatic rings. The topological polar surface area (TPSA) is 35.2 Å². The summed E-state index contributed by atoms with van der Waals surface area (Å²) in [4.78, 5) is 0. The van der Waals surface area contributed by atoms with E-state index in [9.17, 15) is 4.39 Å². The zero-order chi connectivity index (χ0) is 14.1. The van der Waals surface area contributed by atoms with Gasteiger partial charge < -0.3 is 10.5 Å². The number of benzene rings is 2. The van der Waals surface area contributed by atoms with Crippen LogP contribution in [0.5, 0.6) is 5.75 Å². The molecule has 1 unspecified atom stereocenters. The lowest BCUT2D eigenvalue weighted by Gasteiger charge is -2.16. The number of hydrogen-bond donors (Lipinski definition) is 1. The van der Waals surface area contributed by atoms with Crippen LogP contribution in [0.1, 0.15) is 30.0 Å². The smallest absolute Gasteiger partial charge is 0.124 e. The predicted octanol–water partition coefficient (Wildman–Crippen LogP) is 4.02. The van der Waals surface area contributed by atoms with E-state index in [0.717, 1.165) is 33.3 Å². The van der Waals surface area contributed by atoms with Crippen molar-refractivity contribution in [2.24, 2.45) is 5.73 Å². The van der Waals surface area contributed by atoms with Gasteiger partial charge in [-0.2, -0.15) is 0 Å². The highest BCUT2D eigenvalue weighted by atomic mass is 127. The molecule has 1 aliphatic carbocycles. The monoisotopic (exact) mass is 383 g/mol. The summed E-state index contributed by atoms with van der Waals surface area (Å²) in [6.45, 7) is 0. The minimum absolute atomic E-state index is 0.240. The molecule has 1 aliphatic rings. The van der Waals surface area contributed by atoms with E-state index in [1.54, 1.807) is 6.07 Å². The molecule has 1 saturated carbocycles. The summed E-state index contributed by atoms with van der Waals surface area (Å²) in [5.41, 5.74) is 8.21. The molecule has 0 spiro atoms. The number of halogens is 2. The summed E-state index contributed by atoms with van der Waals surface area (Å²) in [7, 11) is 0. The van der Waals surface area contributed by atoms with Crippen LogP contribution < -0.4 is 10.5 Å². The maximum absolute atomic E-state index is 13.2. The van der Waals surface area contributed by atoms with Gasteiger partial charge in [-0.25, -0.2) is 4.39 Å². The molecule has 1 fully saturated rings. The van der Waals surface area contributed by atoms with Crippen molar-refractivity contribution < 1.29 is 9.13 Å². The van der Waals surface area contributed by atoms with Crippen molar-refractivity contribution in [3.8, 4) is 5.75 Å². The van der Waals surface area contributed by atoms with Gasteiger partial charge in [0, 0.05) is 3.57 Å². The molecule has 2 nitrogen and oxygen atoms in total. The Morgan fingerprint density at radius 3 is 2.70 bits per heavy atom. The summed E-state index contributed by atoms with van der Waals surface area (Å²) in [6.07, 6.45) is 2.63. The van der Waals surface area contributed by atoms with Gasteiger partial charge >= 0.3 is 0 Å². The second kappa shape index (κ2) is 5.69. The third-order valence-electron chi connectivity index (χ3n) is 3.34. The van der Waals surface area contributed by atoms with Crippen LogP contribution >= 0.6 is 22.6 Å². The molecular formula is C16H15FINO. The second-order valence-corrected chi connectivity index (χ2v) is 6.20. The molecule has 3 rings (SSSR count). The predicted molar refractivity (Wildman–Crippen MR) is 85.2 cm³/mol. The normalized spacial score (nSPS) is 15.9.